The van der Waals surface area contributed by atoms with Gasteiger partial charge < -0.3 is 14.5 Å². The second-order valence-electron chi connectivity index (χ2n) is 5.34. The first-order valence-corrected chi connectivity index (χ1v) is 8.63. The van der Waals surface area contributed by atoms with Gasteiger partial charge in [-0.2, -0.15) is 0 Å². The summed E-state index contributed by atoms with van der Waals surface area (Å²) in [7, 11) is 0. The zero-order valence-corrected chi connectivity index (χ0v) is 15.7. The molecule has 1 N–H and O–H groups in total. The SMILES string of the molecule is O=C(COC(=O)c1cc(=O)c2ccccc2o1)Nc1cc(Cl)c(Cl)cc1Cl. The van der Waals surface area contributed by atoms with Crippen LogP contribution in [0.1, 0.15) is 10.6 Å². The normalized spacial score (nSPS) is 10.6. The highest BCUT2D eigenvalue weighted by atomic mass is 35.5. The molecule has 0 aliphatic carbocycles. The molecule has 0 fully saturated rings. The Kier molecular flexibility index (Phi) is 5.70. The number of carbonyl (C=O) groups excluding carboxylic acids is 2. The predicted octanol–water partition coefficient (Wildman–Crippen LogP) is 4.55. The second kappa shape index (κ2) is 8.00. The summed E-state index contributed by atoms with van der Waals surface area (Å²) in [5.41, 5.74) is 0.0594. The van der Waals surface area contributed by atoms with Crippen molar-refractivity contribution >= 4 is 63.3 Å². The van der Waals surface area contributed by atoms with Crippen molar-refractivity contribution in [2.45, 2.75) is 0 Å². The minimum absolute atomic E-state index is 0.171. The third-order valence-corrected chi connectivity index (χ3v) is 4.49. The minimum Gasteiger partial charge on any atom is -0.450 e. The van der Waals surface area contributed by atoms with E-state index in [4.69, 9.17) is 44.0 Å². The van der Waals surface area contributed by atoms with Gasteiger partial charge in [0.1, 0.15) is 5.58 Å². The maximum Gasteiger partial charge on any atom is 0.374 e. The van der Waals surface area contributed by atoms with Crippen molar-refractivity contribution < 1.29 is 18.7 Å². The quantitative estimate of drug-likeness (QED) is 0.489. The molecule has 1 amide bonds. The third-order valence-electron chi connectivity index (χ3n) is 3.45. The Morgan fingerprint density at radius 3 is 2.48 bits per heavy atom. The number of hydrogen-bond donors (Lipinski definition) is 1. The number of ether oxygens (including phenoxy) is 1. The molecule has 0 aliphatic rings. The van der Waals surface area contributed by atoms with Crippen LogP contribution in [0.4, 0.5) is 5.69 Å². The molecule has 138 valence electrons. The molecule has 1 heterocycles. The van der Waals surface area contributed by atoms with E-state index in [1.807, 2.05) is 0 Å². The number of carbonyl (C=O) groups is 2. The van der Waals surface area contributed by atoms with Crippen LogP contribution in [-0.2, 0) is 9.53 Å². The van der Waals surface area contributed by atoms with Crippen LogP contribution in [0.25, 0.3) is 11.0 Å². The number of halogens is 3. The molecule has 0 atom stereocenters. The standard InChI is InChI=1S/C18H10Cl3NO5/c19-10-5-12(21)13(6-11(10)20)22-17(24)8-26-18(25)16-7-14(23)9-3-1-2-4-15(9)27-16/h1-7H,8H2,(H,22,24). The molecule has 6 nitrogen and oxygen atoms in total. The highest BCUT2D eigenvalue weighted by Gasteiger charge is 2.16. The molecule has 3 aromatic rings. The topological polar surface area (TPSA) is 85.6 Å². The summed E-state index contributed by atoms with van der Waals surface area (Å²) in [6.07, 6.45) is 0. The Labute approximate surface area is 167 Å². The van der Waals surface area contributed by atoms with Crippen molar-refractivity contribution in [1.29, 1.82) is 0 Å². The van der Waals surface area contributed by atoms with E-state index < -0.39 is 23.9 Å². The van der Waals surface area contributed by atoms with Crippen LogP contribution < -0.4 is 10.7 Å². The molecule has 0 saturated carbocycles. The fourth-order valence-electron chi connectivity index (χ4n) is 2.21. The Bertz CT molecular complexity index is 1110. The van der Waals surface area contributed by atoms with Crippen molar-refractivity contribution in [2.75, 3.05) is 11.9 Å². The lowest BCUT2D eigenvalue weighted by Crippen LogP contribution is -2.21. The highest BCUT2D eigenvalue weighted by molar-refractivity contribution is 6.44. The molecule has 1 aromatic heterocycles. The average Bonchev–Trinajstić information content (AvgIpc) is 2.64. The number of esters is 1. The van der Waals surface area contributed by atoms with Gasteiger partial charge in [-0.1, -0.05) is 46.9 Å². The number of fused-ring (bicyclic) bond motifs is 1. The molecule has 0 aliphatic heterocycles. The van der Waals surface area contributed by atoms with Crippen molar-refractivity contribution in [3.05, 3.63) is 73.5 Å². The maximum absolute atomic E-state index is 12.1. The number of hydrogen-bond acceptors (Lipinski definition) is 5. The smallest absolute Gasteiger partial charge is 0.374 e. The largest absolute Gasteiger partial charge is 0.450 e. The molecule has 2 aromatic carbocycles. The summed E-state index contributed by atoms with van der Waals surface area (Å²) in [5.74, 6) is -1.92. The van der Waals surface area contributed by atoms with Crippen LogP contribution in [0.3, 0.4) is 0 Å². The molecule has 0 unspecified atom stereocenters. The number of amides is 1. The molecule has 0 saturated heterocycles. The van der Waals surface area contributed by atoms with Gasteiger partial charge in [0.05, 0.1) is 26.1 Å². The summed E-state index contributed by atoms with van der Waals surface area (Å²) in [5, 5.41) is 3.38. The molecule has 0 radical (unpaired) electrons. The molecule has 9 heteroatoms. The van der Waals surface area contributed by atoms with E-state index in [1.54, 1.807) is 24.3 Å². The summed E-state index contributed by atoms with van der Waals surface area (Å²) in [6, 6.07) is 10.2. The Balaban J connectivity index is 1.68. The zero-order chi connectivity index (χ0) is 19.6. The van der Waals surface area contributed by atoms with Gasteiger partial charge in [0, 0.05) is 6.07 Å². The van der Waals surface area contributed by atoms with Crippen molar-refractivity contribution in [3.63, 3.8) is 0 Å². The Morgan fingerprint density at radius 2 is 1.70 bits per heavy atom. The average molecular weight is 427 g/mol. The molecule has 0 bridgehead atoms. The number of para-hydroxylation sites is 1. The fourth-order valence-corrected chi connectivity index (χ4v) is 2.81. The van der Waals surface area contributed by atoms with E-state index in [-0.39, 0.29) is 32.1 Å². The second-order valence-corrected chi connectivity index (χ2v) is 6.56. The van der Waals surface area contributed by atoms with E-state index in [0.29, 0.717) is 5.39 Å². The van der Waals surface area contributed by atoms with Gasteiger partial charge in [-0.15, -0.1) is 0 Å². The summed E-state index contributed by atoms with van der Waals surface area (Å²) < 4.78 is 10.2. The van der Waals surface area contributed by atoms with Gasteiger partial charge >= 0.3 is 5.97 Å². The van der Waals surface area contributed by atoms with Gasteiger partial charge in [0.15, 0.2) is 12.0 Å². The van der Waals surface area contributed by atoms with E-state index in [0.717, 1.165) is 6.07 Å². The zero-order valence-electron chi connectivity index (χ0n) is 13.4. The molecule has 27 heavy (non-hydrogen) atoms. The van der Waals surface area contributed by atoms with Gasteiger partial charge in [-0.3, -0.25) is 9.59 Å². The summed E-state index contributed by atoms with van der Waals surface area (Å²) in [6.45, 7) is -0.619. The third kappa shape index (κ3) is 4.42. The molecular formula is C18H10Cl3NO5. The first-order valence-electron chi connectivity index (χ1n) is 7.49. The Morgan fingerprint density at radius 1 is 1.00 bits per heavy atom. The van der Waals surface area contributed by atoms with Gasteiger partial charge in [0.25, 0.3) is 5.91 Å². The van der Waals surface area contributed by atoms with Gasteiger partial charge in [-0.05, 0) is 24.3 Å². The van der Waals surface area contributed by atoms with E-state index in [1.165, 1.54) is 12.1 Å². The van der Waals surface area contributed by atoms with E-state index in [2.05, 4.69) is 5.32 Å². The number of nitrogens with one attached hydrogen (secondary N) is 1. The number of anilines is 1. The number of rotatable bonds is 4. The Hall–Kier alpha value is -2.54. The van der Waals surface area contributed by atoms with E-state index in [9.17, 15) is 14.4 Å². The van der Waals surface area contributed by atoms with Crippen molar-refractivity contribution in [1.82, 2.24) is 0 Å². The van der Waals surface area contributed by atoms with Crippen LogP contribution in [0, 0.1) is 0 Å². The van der Waals surface area contributed by atoms with E-state index >= 15 is 0 Å². The lowest BCUT2D eigenvalue weighted by molar-refractivity contribution is -0.119. The van der Waals surface area contributed by atoms with Crippen LogP contribution in [0.5, 0.6) is 0 Å². The summed E-state index contributed by atoms with van der Waals surface area (Å²) >= 11 is 17.6. The van der Waals surface area contributed by atoms with Gasteiger partial charge in [-0.25, -0.2) is 4.79 Å². The van der Waals surface area contributed by atoms with Gasteiger partial charge in [0.2, 0.25) is 5.76 Å². The van der Waals surface area contributed by atoms with Crippen LogP contribution >= 0.6 is 34.8 Å². The first-order chi connectivity index (χ1) is 12.8. The lowest BCUT2D eigenvalue weighted by atomic mass is 10.2. The summed E-state index contributed by atoms with van der Waals surface area (Å²) in [4.78, 5) is 36.0. The lowest BCUT2D eigenvalue weighted by Gasteiger charge is -2.09. The van der Waals surface area contributed by atoms with Crippen LogP contribution in [0.15, 0.2) is 51.7 Å². The maximum atomic E-state index is 12.1. The molecule has 0 spiro atoms. The highest BCUT2D eigenvalue weighted by Crippen LogP contribution is 2.32. The minimum atomic E-state index is -0.951. The first kappa shape index (κ1) is 19.2. The van der Waals surface area contributed by atoms with Crippen LogP contribution in [0.2, 0.25) is 15.1 Å². The number of benzene rings is 2. The van der Waals surface area contributed by atoms with Crippen molar-refractivity contribution in [2.24, 2.45) is 0 Å². The van der Waals surface area contributed by atoms with Crippen molar-refractivity contribution in [3.8, 4) is 0 Å². The molecule has 3 rings (SSSR count). The predicted molar refractivity (Wildman–Crippen MR) is 103 cm³/mol. The molecular weight excluding hydrogens is 417 g/mol. The van der Waals surface area contributed by atoms with Crippen LogP contribution in [-0.4, -0.2) is 18.5 Å². The monoisotopic (exact) mass is 425 g/mol. The fraction of sp³-hybridized carbons (Fsp3) is 0.0556.